The van der Waals surface area contributed by atoms with E-state index in [1.165, 1.54) is 44.9 Å². The third kappa shape index (κ3) is 4.06. The summed E-state index contributed by atoms with van der Waals surface area (Å²) in [4.78, 5) is 0. The lowest BCUT2D eigenvalue weighted by atomic mass is 9.84. The molecule has 0 spiro atoms. The first-order valence-electron chi connectivity index (χ1n) is 8.40. The van der Waals surface area contributed by atoms with Crippen LogP contribution in [0.2, 0.25) is 0 Å². The molecular weight excluding hydrogens is 234 g/mol. The molecule has 1 aliphatic heterocycles. The van der Waals surface area contributed by atoms with E-state index in [-0.39, 0.29) is 0 Å². The van der Waals surface area contributed by atoms with Gasteiger partial charge in [0.05, 0.1) is 6.10 Å². The second-order valence-electron chi connectivity index (χ2n) is 6.08. The molecule has 1 heterocycles. The van der Waals surface area contributed by atoms with Crippen molar-refractivity contribution in [3.05, 3.63) is 11.6 Å². The maximum Gasteiger partial charge on any atom is 0.0619 e. The normalized spacial score (nSPS) is 29.9. The van der Waals surface area contributed by atoms with Gasteiger partial charge in [0.1, 0.15) is 0 Å². The predicted octanol–water partition coefficient (Wildman–Crippen LogP) is 4.06. The fourth-order valence-corrected chi connectivity index (χ4v) is 3.65. The summed E-state index contributed by atoms with van der Waals surface area (Å²) in [7, 11) is 0. The smallest absolute Gasteiger partial charge is 0.0619 e. The molecule has 2 heteroatoms. The number of hydrogen-bond donors (Lipinski definition) is 1. The molecule has 1 aliphatic carbocycles. The van der Waals surface area contributed by atoms with Crippen molar-refractivity contribution in [2.75, 3.05) is 13.2 Å². The van der Waals surface area contributed by atoms with Gasteiger partial charge >= 0.3 is 0 Å². The van der Waals surface area contributed by atoms with E-state index in [0.29, 0.717) is 18.1 Å². The Bertz CT molecular complexity index is 287. The predicted molar refractivity (Wildman–Crippen MR) is 81.4 cm³/mol. The van der Waals surface area contributed by atoms with Crippen molar-refractivity contribution in [1.29, 1.82) is 0 Å². The van der Waals surface area contributed by atoms with Crippen LogP contribution < -0.4 is 5.32 Å². The average molecular weight is 265 g/mol. The van der Waals surface area contributed by atoms with Crippen molar-refractivity contribution in [3.8, 4) is 0 Å². The van der Waals surface area contributed by atoms with E-state index >= 15 is 0 Å². The van der Waals surface area contributed by atoms with Gasteiger partial charge in [-0.2, -0.15) is 0 Å². The highest BCUT2D eigenvalue weighted by Crippen LogP contribution is 2.32. The molecule has 0 aromatic carbocycles. The lowest BCUT2D eigenvalue weighted by Gasteiger charge is -2.30. The SMILES string of the molecule is CCCNC(C1=CCCCCC1)C1CCOC1CC. The van der Waals surface area contributed by atoms with Crippen molar-refractivity contribution in [3.63, 3.8) is 0 Å². The highest BCUT2D eigenvalue weighted by molar-refractivity contribution is 5.15. The molecule has 1 N–H and O–H groups in total. The summed E-state index contributed by atoms with van der Waals surface area (Å²) in [6.45, 7) is 6.62. The number of hydrogen-bond acceptors (Lipinski definition) is 2. The first-order valence-corrected chi connectivity index (χ1v) is 8.40. The Hall–Kier alpha value is -0.340. The van der Waals surface area contributed by atoms with Crippen LogP contribution in [0.3, 0.4) is 0 Å². The molecule has 2 nitrogen and oxygen atoms in total. The van der Waals surface area contributed by atoms with Crippen molar-refractivity contribution in [2.24, 2.45) is 5.92 Å². The van der Waals surface area contributed by atoms with Crippen LogP contribution >= 0.6 is 0 Å². The lowest BCUT2D eigenvalue weighted by molar-refractivity contribution is 0.0805. The van der Waals surface area contributed by atoms with Gasteiger partial charge in [0.2, 0.25) is 0 Å². The molecular formula is C17H31NO. The van der Waals surface area contributed by atoms with Crippen LogP contribution in [-0.4, -0.2) is 25.3 Å². The second-order valence-corrected chi connectivity index (χ2v) is 6.08. The Morgan fingerprint density at radius 3 is 3.00 bits per heavy atom. The Balaban J connectivity index is 2.07. The van der Waals surface area contributed by atoms with Crippen LogP contribution in [0, 0.1) is 5.92 Å². The van der Waals surface area contributed by atoms with E-state index < -0.39 is 0 Å². The number of rotatable bonds is 6. The summed E-state index contributed by atoms with van der Waals surface area (Å²) in [5.74, 6) is 0.695. The van der Waals surface area contributed by atoms with Gasteiger partial charge in [0.15, 0.2) is 0 Å². The van der Waals surface area contributed by atoms with Crippen molar-refractivity contribution in [1.82, 2.24) is 5.32 Å². The summed E-state index contributed by atoms with van der Waals surface area (Å²) in [6, 6.07) is 0.575. The molecule has 0 amide bonds. The zero-order valence-corrected chi connectivity index (χ0v) is 12.8. The van der Waals surface area contributed by atoms with Crippen molar-refractivity contribution >= 4 is 0 Å². The quantitative estimate of drug-likeness (QED) is 0.731. The highest BCUT2D eigenvalue weighted by atomic mass is 16.5. The molecule has 0 aromatic rings. The van der Waals surface area contributed by atoms with E-state index in [0.717, 1.165) is 19.6 Å². The minimum atomic E-state index is 0.471. The Kier molecular flexibility index (Phi) is 6.39. The molecule has 2 rings (SSSR count). The molecule has 0 saturated carbocycles. The fourth-order valence-electron chi connectivity index (χ4n) is 3.65. The van der Waals surface area contributed by atoms with Crippen LogP contribution in [0.4, 0.5) is 0 Å². The lowest BCUT2D eigenvalue weighted by Crippen LogP contribution is -2.41. The van der Waals surface area contributed by atoms with Crippen LogP contribution in [0.5, 0.6) is 0 Å². The number of nitrogens with one attached hydrogen (secondary N) is 1. The molecule has 3 atom stereocenters. The number of ether oxygens (including phenoxy) is 1. The highest BCUT2D eigenvalue weighted by Gasteiger charge is 2.34. The Morgan fingerprint density at radius 2 is 2.21 bits per heavy atom. The molecule has 2 aliphatic rings. The third-order valence-electron chi connectivity index (χ3n) is 4.68. The zero-order valence-electron chi connectivity index (χ0n) is 12.8. The minimum Gasteiger partial charge on any atom is -0.378 e. The largest absolute Gasteiger partial charge is 0.378 e. The van der Waals surface area contributed by atoms with Crippen LogP contribution in [0.15, 0.2) is 11.6 Å². The topological polar surface area (TPSA) is 21.3 Å². The standard InChI is InChI=1S/C17H31NO/c1-3-12-18-17(14-9-7-5-6-8-10-14)15-11-13-19-16(15)4-2/h9,15-18H,3-8,10-13H2,1-2H3. The Labute approximate surface area is 119 Å². The summed E-state index contributed by atoms with van der Waals surface area (Å²) in [5.41, 5.74) is 1.68. The maximum absolute atomic E-state index is 5.93. The van der Waals surface area contributed by atoms with Crippen molar-refractivity contribution in [2.45, 2.75) is 77.4 Å². The minimum absolute atomic E-state index is 0.471. The van der Waals surface area contributed by atoms with E-state index in [4.69, 9.17) is 4.74 Å². The van der Waals surface area contributed by atoms with E-state index in [9.17, 15) is 0 Å². The summed E-state index contributed by atoms with van der Waals surface area (Å²) < 4.78 is 5.93. The number of allylic oxidation sites excluding steroid dienone is 1. The summed E-state index contributed by atoms with van der Waals surface area (Å²) in [6.07, 6.45) is 13.3. The maximum atomic E-state index is 5.93. The van der Waals surface area contributed by atoms with Crippen LogP contribution in [-0.2, 0) is 4.74 Å². The van der Waals surface area contributed by atoms with Gasteiger partial charge in [-0.25, -0.2) is 0 Å². The van der Waals surface area contributed by atoms with Crippen LogP contribution in [0.1, 0.15) is 65.2 Å². The zero-order chi connectivity index (χ0) is 13.5. The summed E-state index contributed by atoms with van der Waals surface area (Å²) in [5, 5.41) is 3.82. The van der Waals surface area contributed by atoms with Crippen LogP contribution in [0.25, 0.3) is 0 Å². The summed E-state index contributed by atoms with van der Waals surface area (Å²) >= 11 is 0. The fraction of sp³-hybridized carbons (Fsp3) is 0.882. The first kappa shape index (κ1) is 15.1. The average Bonchev–Trinajstić information content (AvgIpc) is 2.74. The molecule has 0 radical (unpaired) electrons. The van der Waals surface area contributed by atoms with Gasteiger partial charge in [0.25, 0.3) is 0 Å². The van der Waals surface area contributed by atoms with Gasteiger partial charge < -0.3 is 10.1 Å². The first-order chi connectivity index (χ1) is 9.36. The van der Waals surface area contributed by atoms with Gasteiger partial charge in [-0.3, -0.25) is 0 Å². The molecule has 0 bridgehead atoms. The molecule has 3 unspecified atom stereocenters. The molecule has 1 saturated heterocycles. The molecule has 110 valence electrons. The van der Waals surface area contributed by atoms with Gasteiger partial charge in [-0.1, -0.05) is 31.9 Å². The molecule has 0 aromatic heterocycles. The van der Waals surface area contributed by atoms with E-state index in [2.05, 4.69) is 25.2 Å². The third-order valence-corrected chi connectivity index (χ3v) is 4.68. The van der Waals surface area contributed by atoms with E-state index in [1.807, 2.05) is 0 Å². The van der Waals surface area contributed by atoms with Crippen molar-refractivity contribution < 1.29 is 4.74 Å². The van der Waals surface area contributed by atoms with E-state index in [1.54, 1.807) is 5.57 Å². The second kappa shape index (κ2) is 8.06. The molecule has 1 fully saturated rings. The molecule has 19 heavy (non-hydrogen) atoms. The van der Waals surface area contributed by atoms with Gasteiger partial charge in [-0.05, 0) is 51.5 Å². The monoisotopic (exact) mass is 265 g/mol. The Morgan fingerprint density at radius 1 is 1.32 bits per heavy atom. The van der Waals surface area contributed by atoms with Gasteiger partial charge in [0, 0.05) is 18.6 Å². The van der Waals surface area contributed by atoms with Gasteiger partial charge in [-0.15, -0.1) is 0 Å².